The van der Waals surface area contributed by atoms with E-state index >= 15 is 0 Å². The predicted molar refractivity (Wildman–Crippen MR) is 82.8 cm³/mol. The van der Waals surface area contributed by atoms with Crippen LogP contribution in [0.5, 0.6) is 0 Å². The number of fused-ring (bicyclic) bond motifs is 1. The summed E-state index contributed by atoms with van der Waals surface area (Å²) in [5.41, 5.74) is 3.13. The van der Waals surface area contributed by atoms with Crippen LogP contribution in [0, 0.1) is 0 Å². The lowest BCUT2D eigenvalue weighted by molar-refractivity contribution is 0.0343. The van der Waals surface area contributed by atoms with E-state index in [9.17, 15) is 4.79 Å². The number of carboxylic acid groups (broad SMARTS) is 1. The third-order valence-corrected chi connectivity index (χ3v) is 5.35. The molecule has 1 saturated heterocycles. The molecule has 114 valence electrons. The van der Waals surface area contributed by atoms with Gasteiger partial charge in [-0.15, -0.1) is 0 Å². The van der Waals surface area contributed by atoms with Gasteiger partial charge in [0, 0.05) is 31.7 Å². The van der Waals surface area contributed by atoms with Gasteiger partial charge in [0.2, 0.25) is 0 Å². The maximum atomic E-state index is 11.2. The molecule has 0 bridgehead atoms. The van der Waals surface area contributed by atoms with E-state index in [1.54, 1.807) is 6.07 Å². The molecule has 1 atom stereocenters. The minimum absolute atomic E-state index is 0.119. The van der Waals surface area contributed by atoms with Gasteiger partial charge < -0.3 is 10.0 Å². The fourth-order valence-electron chi connectivity index (χ4n) is 4.02. The lowest BCUT2D eigenvalue weighted by Gasteiger charge is -2.45. The van der Waals surface area contributed by atoms with E-state index in [0.717, 1.165) is 45.4 Å². The zero-order chi connectivity index (χ0) is 15.0. The van der Waals surface area contributed by atoms with Gasteiger partial charge in [0.1, 0.15) is 0 Å². The number of rotatable bonds is 3. The molecule has 4 nitrogen and oxygen atoms in total. The van der Waals surface area contributed by atoms with Gasteiger partial charge in [-0.3, -0.25) is 4.90 Å². The van der Waals surface area contributed by atoms with E-state index in [1.807, 2.05) is 6.07 Å². The van der Waals surface area contributed by atoms with Crippen molar-refractivity contribution in [2.75, 3.05) is 33.2 Å². The first-order valence-electron chi connectivity index (χ1n) is 7.87. The fourth-order valence-corrected chi connectivity index (χ4v) is 4.02. The van der Waals surface area contributed by atoms with E-state index in [0.29, 0.717) is 5.56 Å². The Labute approximate surface area is 126 Å². The normalized spacial score (nSPS) is 26.8. The summed E-state index contributed by atoms with van der Waals surface area (Å²) in [5, 5.41) is 9.17. The van der Waals surface area contributed by atoms with Gasteiger partial charge in [-0.2, -0.15) is 0 Å². The molecule has 0 spiro atoms. The van der Waals surface area contributed by atoms with Crippen molar-refractivity contribution in [1.82, 2.24) is 9.80 Å². The van der Waals surface area contributed by atoms with Gasteiger partial charge in [-0.25, -0.2) is 4.79 Å². The zero-order valence-electron chi connectivity index (χ0n) is 12.9. The van der Waals surface area contributed by atoms with Crippen molar-refractivity contribution < 1.29 is 9.90 Å². The molecule has 0 saturated carbocycles. The van der Waals surface area contributed by atoms with Crippen LogP contribution < -0.4 is 0 Å². The Kier molecular flexibility index (Phi) is 3.76. The van der Waals surface area contributed by atoms with Gasteiger partial charge >= 0.3 is 5.97 Å². The number of likely N-dealkylation sites (N-methyl/N-ethyl adjacent to an activating group) is 1. The van der Waals surface area contributed by atoms with Crippen LogP contribution in [0.25, 0.3) is 0 Å². The Balaban J connectivity index is 1.94. The number of nitrogens with zero attached hydrogens (tertiary/aromatic N) is 2. The Morgan fingerprint density at radius 3 is 2.62 bits per heavy atom. The van der Waals surface area contributed by atoms with Crippen LogP contribution in [0.3, 0.4) is 0 Å². The topological polar surface area (TPSA) is 43.8 Å². The highest BCUT2D eigenvalue weighted by Gasteiger charge is 2.42. The summed E-state index contributed by atoms with van der Waals surface area (Å²) >= 11 is 0. The maximum Gasteiger partial charge on any atom is 0.335 e. The van der Waals surface area contributed by atoms with Crippen LogP contribution in [0.15, 0.2) is 18.2 Å². The summed E-state index contributed by atoms with van der Waals surface area (Å²) in [4.78, 5) is 16.2. The molecular weight excluding hydrogens is 264 g/mol. The fraction of sp³-hybridized carbons (Fsp3) is 0.588. The molecule has 21 heavy (non-hydrogen) atoms. The van der Waals surface area contributed by atoms with E-state index in [4.69, 9.17) is 5.11 Å². The zero-order valence-corrected chi connectivity index (χ0v) is 12.9. The number of aryl methyl sites for hydroxylation is 1. The maximum absolute atomic E-state index is 11.2. The standard InChI is InChI=1S/C17H24N2O2/c1-3-17(19-10-8-18(2)9-11-19)7-6-13-12-14(16(20)21)4-5-15(13)17/h4-5,12H,3,6-11H2,1-2H3,(H,20,21)/t17-/m1/s1. The molecule has 1 aromatic rings. The number of hydrogen-bond donors (Lipinski definition) is 1. The number of carbonyl (C=O) groups is 1. The molecule has 0 unspecified atom stereocenters. The average molecular weight is 288 g/mol. The molecule has 1 N–H and O–H groups in total. The first-order valence-corrected chi connectivity index (χ1v) is 7.87. The SMILES string of the molecule is CC[C@@]1(N2CCN(C)CC2)CCc2cc(C(=O)O)ccc21. The summed E-state index contributed by atoms with van der Waals surface area (Å²) in [6.07, 6.45) is 3.21. The second kappa shape index (κ2) is 5.43. The molecular formula is C17H24N2O2. The van der Waals surface area contributed by atoms with Gasteiger partial charge in [0.15, 0.2) is 0 Å². The number of aromatic carboxylic acids is 1. The quantitative estimate of drug-likeness (QED) is 0.926. The van der Waals surface area contributed by atoms with E-state index < -0.39 is 5.97 Å². The molecule has 3 rings (SSSR count). The number of carboxylic acids is 1. The van der Waals surface area contributed by atoms with Gasteiger partial charge in [-0.1, -0.05) is 13.0 Å². The van der Waals surface area contributed by atoms with Crippen LogP contribution >= 0.6 is 0 Å². The highest BCUT2D eigenvalue weighted by Crippen LogP contribution is 2.44. The molecule has 4 heteroatoms. The van der Waals surface area contributed by atoms with Crippen LogP contribution in [0.2, 0.25) is 0 Å². The van der Waals surface area contributed by atoms with Gasteiger partial charge in [-0.05, 0) is 49.6 Å². The molecule has 0 amide bonds. The van der Waals surface area contributed by atoms with Crippen molar-refractivity contribution in [3.8, 4) is 0 Å². The van der Waals surface area contributed by atoms with Crippen LogP contribution in [0.4, 0.5) is 0 Å². The molecule has 0 aromatic heterocycles. The van der Waals surface area contributed by atoms with Gasteiger partial charge in [0.25, 0.3) is 0 Å². The number of benzene rings is 1. The summed E-state index contributed by atoms with van der Waals surface area (Å²) in [6, 6.07) is 5.71. The monoisotopic (exact) mass is 288 g/mol. The summed E-state index contributed by atoms with van der Waals surface area (Å²) in [5.74, 6) is -0.827. The molecule has 2 aliphatic rings. The van der Waals surface area contributed by atoms with Crippen molar-refractivity contribution in [3.05, 3.63) is 34.9 Å². The van der Waals surface area contributed by atoms with Crippen LogP contribution in [-0.2, 0) is 12.0 Å². The smallest absolute Gasteiger partial charge is 0.335 e. The van der Waals surface area contributed by atoms with E-state index in [2.05, 4.69) is 29.8 Å². The highest BCUT2D eigenvalue weighted by molar-refractivity contribution is 5.88. The predicted octanol–water partition coefficient (Wildman–Crippen LogP) is 2.18. The molecule has 1 aromatic carbocycles. The molecule has 1 aliphatic heterocycles. The summed E-state index contributed by atoms with van der Waals surface area (Å²) < 4.78 is 0. The van der Waals surface area contributed by atoms with Crippen molar-refractivity contribution in [3.63, 3.8) is 0 Å². The number of piperazine rings is 1. The largest absolute Gasteiger partial charge is 0.478 e. The Hall–Kier alpha value is -1.39. The Morgan fingerprint density at radius 1 is 1.29 bits per heavy atom. The molecule has 0 radical (unpaired) electrons. The Morgan fingerprint density at radius 2 is 2.00 bits per heavy atom. The van der Waals surface area contributed by atoms with Crippen molar-refractivity contribution >= 4 is 5.97 Å². The average Bonchev–Trinajstić information content (AvgIpc) is 2.87. The minimum atomic E-state index is -0.827. The highest BCUT2D eigenvalue weighted by atomic mass is 16.4. The minimum Gasteiger partial charge on any atom is -0.478 e. The van der Waals surface area contributed by atoms with E-state index in [1.165, 1.54) is 11.1 Å². The number of hydrogen-bond acceptors (Lipinski definition) is 3. The van der Waals surface area contributed by atoms with E-state index in [-0.39, 0.29) is 5.54 Å². The van der Waals surface area contributed by atoms with Gasteiger partial charge in [0.05, 0.1) is 5.56 Å². The van der Waals surface area contributed by atoms with Crippen LogP contribution in [-0.4, -0.2) is 54.1 Å². The Bertz CT molecular complexity index is 550. The lowest BCUT2D eigenvalue weighted by atomic mass is 9.86. The second-order valence-corrected chi connectivity index (χ2v) is 6.35. The third kappa shape index (κ3) is 2.36. The van der Waals surface area contributed by atoms with Crippen molar-refractivity contribution in [2.24, 2.45) is 0 Å². The van der Waals surface area contributed by atoms with Crippen LogP contribution in [0.1, 0.15) is 41.3 Å². The summed E-state index contributed by atoms with van der Waals surface area (Å²) in [6.45, 7) is 6.70. The third-order valence-electron chi connectivity index (χ3n) is 5.35. The molecule has 1 heterocycles. The summed E-state index contributed by atoms with van der Waals surface area (Å²) in [7, 11) is 2.18. The van der Waals surface area contributed by atoms with Crippen molar-refractivity contribution in [2.45, 2.75) is 31.7 Å². The van der Waals surface area contributed by atoms with Crippen molar-refractivity contribution in [1.29, 1.82) is 0 Å². The molecule has 1 fully saturated rings. The molecule has 1 aliphatic carbocycles. The first-order chi connectivity index (χ1) is 10.1. The first kappa shape index (κ1) is 14.5. The second-order valence-electron chi connectivity index (χ2n) is 6.35. The lowest BCUT2D eigenvalue weighted by Crippen LogP contribution is -2.53.